The van der Waals surface area contributed by atoms with Crippen molar-refractivity contribution in [2.75, 3.05) is 14.2 Å². The Morgan fingerprint density at radius 3 is 2.57 bits per heavy atom. The zero-order chi connectivity index (χ0) is 20.7. The predicted molar refractivity (Wildman–Crippen MR) is 118 cm³/mol. The smallest absolute Gasteiger partial charge is 0.190 e. The molecule has 1 saturated carbocycles. The Morgan fingerprint density at radius 1 is 1.00 bits per heavy atom. The van der Waals surface area contributed by atoms with E-state index in [1.54, 1.807) is 14.2 Å². The summed E-state index contributed by atoms with van der Waals surface area (Å²) in [7, 11) is 3.31. The van der Waals surface area contributed by atoms with Gasteiger partial charge >= 0.3 is 0 Å². The third kappa shape index (κ3) is 3.39. The van der Waals surface area contributed by atoms with Gasteiger partial charge in [0.1, 0.15) is 5.75 Å². The molecule has 0 unspecified atom stereocenters. The second-order valence-corrected chi connectivity index (χ2v) is 8.74. The van der Waals surface area contributed by atoms with Crippen LogP contribution in [0.4, 0.5) is 0 Å². The average Bonchev–Trinajstić information content (AvgIpc) is 3.24. The molecule has 0 N–H and O–H groups in total. The molecule has 1 fully saturated rings. The normalized spacial score (nSPS) is 23.3. The van der Waals surface area contributed by atoms with E-state index in [4.69, 9.17) is 30.9 Å². The fourth-order valence-electron chi connectivity index (χ4n) is 5.01. The zero-order valence-corrected chi connectivity index (χ0v) is 18.2. The summed E-state index contributed by atoms with van der Waals surface area (Å²) in [4.78, 5) is 0. The van der Waals surface area contributed by atoms with Gasteiger partial charge in [0.25, 0.3) is 0 Å². The highest BCUT2D eigenvalue weighted by molar-refractivity contribution is 6.30. The summed E-state index contributed by atoms with van der Waals surface area (Å²) in [6, 6.07) is 12.1. The van der Waals surface area contributed by atoms with Gasteiger partial charge in [-0.2, -0.15) is 5.10 Å². The minimum absolute atomic E-state index is 0.0263. The van der Waals surface area contributed by atoms with Crippen molar-refractivity contribution < 1.29 is 14.2 Å². The van der Waals surface area contributed by atoms with Gasteiger partial charge < -0.3 is 14.2 Å². The van der Waals surface area contributed by atoms with Gasteiger partial charge in [-0.15, -0.1) is 0 Å². The van der Waals surface area contributed by atoms with Crippen LogP contribution in [0.2, 0.25) is 5.02 Å². The van der Waals surface area contributed by atoms with Crippen LogP contribution in [-0.2, 0) is 0 Å². The summed E-state index contributed by atoms with van der Waals surface area (Å²) in [5.41, 5.74) is 3.21. The van der Waals surface area contributed by atoms with Crippen molar-refractivity contribution in [2.24, 2.45) is 11.0 Å². The number of benzene rings is 2. The third-order valence-electron chi connectivity index (χ3n) is 6.55. The topological polar surface area (TPSA) is 43.3 Å². The molecule has 2 heterocycles. The molecule has 158 valence electrons. The fraction of sp³-hybridized carbons (Fsp3) is 0.458. The Balaban J connectivity index is 1.53. The first-order valence-electron chi connectivity index (χ1n) is 10.7. The molecule has 5 nitrogen and oxygen atoms in total. The molecule has 5 rings (SSSR count). The van der Waals surface area contributed by atoms with Crippen LogP contribution in [0.15, 0.2) is 41.5 Å². The summed E-state index contributed by atoms with van der Waals surface area (Å²) < 4.78 is 17.4. The average molecular weight is 427 g/mol. The number of methoxy groups -OCH3 is 2. The van der Waals surface area contributed by atoms with E-state index in [0.717, 1.165) is 39.8 Å². The van der Waals surface area contributed by atoms with E-state index in [0.29, 0.717) is 11.7 Å². The molecule has 0 spiro atoms. The molecule has 2 atom stereocenters. The quantitative estimate of drug-likeness (QED) is 0.619. The van der Waals surface area contributed by atoms with E-state index in [9.17, 15) is 0 Å². The van der Waals surface area contributed by atoms with Gasteiger partial charge in [-0.1, -0.05) is 30.9 Å². The Kier molecular flexibility index (Phi) is 5.23. The Morgan fingerprint density at radius 2 is 1.80 bits per heavy atom. The van der Waals surface area contributed by atoms with Crippen LogP contribution in [0.5, 0.6) is 17.2 Å². The van der Waals surface area contributed by atoms with E-state index >= 15 is 0 Å². The number of halogens is 1. The lowest BCUT2D eigenvalue weighted by molar-refractivity contribution is -0.0643. The summed E-state index contributed by atoms with van der Waals surface area (Å²) in [5, 5.41) is 8.01. The highest BCUT2D eigenvalue weighted by Gasteiger charge is 2.43. The van der Waals surface area contributed by atoms with Gasteiger partial charge in [0, 0.05) is 28.5 Å². The highest BCUT2D eigenvalue weighted by Crippen LogP contribution is 2.47. The SMILES string of the molecule is COc1ccc(C2=NN3[C@H](C2)c2cc(Cl)ccc2O[C@H]3C2CCCCC2)cc1OC. The molecule has 0 amide bonds. The van der Waals surface area contributed by atoms with E-state index in [2.05, 4.69) is 5.01 Å². The Hall–Kier alpha value is -2.40. The van der Waals surface area contributed by atoms with Gasteiger partial charge in [-0.3, -0.25) is 0 Å². The van der Waals surface area contributed by atoms with Crippen molar-refractivity contribution >= 4 is 17.3 Å². The molecule has 2 aromatic rings. The van der Waals surface area contributed by atoms with Crippen LogP contribution in [0, 0.1) is 5.92 Å². The van der Waals surface area contributed by atoms with Crippen LogP contribution in [0.25, 0.3) is 0 Å². The van der Waals surface area contributed by atoms with Crippen LogP contribution in [0.1, 0.15) is 55.7 Å². The van der Waals surface area contributed by atoms with Crippen molar-refractivity contribution in [3.63, 3.8) is 0 Å². The number of rotatable bonds is 4. The highest BCUT2D eigenvalue weighted by atomic mass is 35.5. The minimum atomic E-state index is -0.0263. The van der Waals surface area contributed by atoms with Crippen molar-refractivity contribution in [2.45, 2.75) is 50.8 Å². The van der Waals surface area contributed by atoms with Crippen molar-refractivity contribution in [3.8, 4) is 17.2 Å². The first-order valence-corrected chi connectivity index (χ1v) is 11.1. The summed E-state index contributed by atoms with van der Waals surface area (Å²) in [5.74, 6) is 2.88. The Labute approximate surface area is 182 Å². The monoisotopic (exact) mass is 426 g/mol. The van der Waals surface area contributed by atoms with Crippen LogP contribution < -0.4 is 14.2 Å². The molecule has 30 heavy (non-hydrogen) atoms. The maximum absolute atomic E-state index is 6.52. The molecule has 1 aliphatic carbocycles. The van der Waals surface area contributed by atoms with Gasteiger partial charge in [0.2, 0.25) is 0 Å². The van der Waals surface area contributed by atoms with E-state index < -0.39 is 0 Å². The Bertz CT molecular complexity index is 971. The fourth-order valence-corrected chi connectivity index (χ4v) is 5.19. The molecule has 0 aromatic heterocycles. The van der Waals surface area contributed by atoms with Crippen molar-refractivity contribution in [1.82, 2.24) is 5.01 Å². The number of fused-ring (bicyclic) bond motifs is 3. The van der Waals surface area contributed by atoms with Crippen molar-refractivity contribution in [3.05, 3.63) is 52.5 Å². The summed E-state index contributed by atoms with van der Waals surface area (Å²) in [6.07, 6.45) is 7.03. The molecule has 3 aliphatic rings. The molecule has 0 radical (unpaired) electrons. The van der Waals surface area contributed by atoms with Gasteiger partial charge in [-0.25, -0.2) is 5.01 Å². The number of hydrogen-bond donors (Lipinski definition) is 0. The largest absolute Gasteiger partial charge is 0.493 e. The first-order chi connectivity index (χ1) is 14.7. The van der Waals surface area contributed by atoms with Crippen LogP contribution in [0.3, 0.4) is 0 Å². The second kappa shape index (κ2) is 8.03. The molecule has 0 saturated heterocycles. The first kappa shape index (κ1) is 19.6. The van der Waals surface area contributed by atoms with E-state index in [1.165, 1.54) is 32.1 Å². The number of hydrogen-bond acceptors (Lipinski definition) is 5. The molecular weight excluding hydrogens is 400 g/mol. The van der Waals surface area contributed by atoms with Crippen LogP contribution >= 0.6 is 11.6 Å². The standard InChI is InChI=1S/C24H27ClN2O3/c1-28-22-10-8-16(12-23(22)29-2)19-14-20-18-13-17(25)9-11-21(18)30-24(27(20)26-19)15-6-4-3-5-7-15/h8-13,15,20,24H,3-7,14H2,1-2H3/t20-,24+/m1/s1. The van der Waals surface area contributed by atoms with Gasteiger partial charge in [-0.05, 0) is 49.2 Å². The second-order valence-electron chi connectivity index (χ2n) is 8.31. The summed E-state index contributed by atoms with van der Waals surface area (Å²) in [6.45, 7) is 0. The van der Waals surface area contributed by atoms with E-state index in [1.807, 2.05) is 36.4 Å². The lowest BCUT2D eigenvalue weighted by Crippen LogP contribution is -2.45. The maximum atomic E-state index is 6.52. The van der Waals surface area contributed by atoms with Crippen molar-refractivity contribution in [1.29, 1.82) is 0 Å². The molecule has 2 aliphatic heterocycles. The molecular formula is C24H27ClN2O3. The van der Waals surface area contributed by atoms with E-state index in [-0.39, 0.29) is 12.3 Å². The van der Waals surface area contributed by atoms with Gasteiger partial charge in [0.05, 0.1) is 26.0 Å². The number of nitrogens with zero attached hydrogens (tertiary/aromatic N) is 2. The van der Waals surface area contributed by atoms with Crippen LogP contribution in [-0.4, -0.2) is 31.2 Å². The lowest BCUT2D eigenvalue weighted by Gasteiger charge is -2.42. The summed E-state index contributed by atoms with van der Waals surface area (Å²) >= 11 is 6.34. The molecule has 0 bridgehead atoms. The maximum Gasteiger partial charge on any atom is 0.190 e. The number of hydrazone groups is 1. The lowest BCUT2D eigenvalue weighted by atomic mass is 9.86. The predicted octanol–water partition coefficient (Wildman–Crippen LogP) is 5.81. The van der Waals surface area contributed by atoms with Gasteiger partial charge in [0.15, 0.2) is 17.7 Å². The molecule has 2 aromatic carbocycles. The zero-order valence-electron chi connectivity index (χ0n) is 17.4. The number of ether oxygens (including phenoxy) is 3. The minimum Gasteiger partial charge on any atom is -0.493 e. The molecule has 6 heteroatoms. The third-order valence-corrected chi connectivity index (χ3v) is 6.79.